The number of nitrogens with one attached hydrogen (secondary N) is 1. The van der Waals surface area contributed by atoms with Crippen molar-refractivity contribution in [3.63, 3.8) is 0 Å². The number of ether oxygens (including phenoxy) is 1. The third-order valence-corrected chi connectivity index (χ3v) is 5.05. The zero-order valence-corrected chi connectivity index (χ0v) is 11.0. The second-order valence-electron chi connectivity index (χ2n) is 4.44. The van der Waals surface area contributed by atoms with E-state index in [-0.39, 0.29) is 16.7 Å². The summed E-state index contributed by atoms with van der Waals surface area (Å²) in [5.41, 5.74) is 0.197. The lowest BCUT2D eigenvalue weighted by Crippen LogP contribution is -2.25. The minimum Gasteiger partial charge on any atom is -0.506 e. The summed E-state index contributed by atoms with van der Waals surface area (Å²) in [6.45, 7) is 0. The summed E-state index contributed by atoms with van der Waals surface area (Å²) in [5.74, 6) is 0.354. The van der Waals surface area contributed by atoms with Crippen LogP contribution in [0.25, 0.3) is 0 Å². The number of phenolic OH excluding ortho intramolecular Hbond substituents is 1. The smallest absolute Gasteiger partial charge is 0.235 e. The molecule has 0 bridgehead atoms. The minimum atomic E-state index is -3.41. The van der Waals surface area contributed by atoms with Gasteiger partial charge in [-0.05, 0) is 25.0 Å². The number of rotatable bonds is 4. The van der Waals surface area contributed by atoms with Gasteiger partial charge in [-0.3, -0.25) is 4.72 Å². The van der Waals surface area contributed by atoms with E-state index in [1.807, 2.05) is 0 Å². The molecule has 1 aliphatic carbocycles. The van der Waals surface area contributed by atoms with Crippen molar-refractivity contribution in [3.05, 3.63) is 18.2 Å². The topological polar surface area (TPSA) is 75.6 Å². The van der Waals surface area contributed by atoms with Crippen molar-refractivity contribution < 1.29 is 18.3 Å². The first kappa shape index (κ1) is 13.0. The molecule has 6 heteroatoms. The maximum Gasteiger partial charge on any atom is 0.235 e. The third kappa shape index (κ3) is 2.69. The van der Waals surface area contributed by atoms with Crippen molar-refractivity contribution >= 4 is 15.7 Å². The van der Waals surface area contributed by atoms with Crippen molar-refractivity contribution in [2.75, 3.05) is 11.8 Å². The predicted octanol–water partition coefficient (Wildman–Crippen LogP) is 2.09. The van der Waals surface area contributed by atoms with Crippen molar-refractivity contribution in [1.29, 1.82) is 0 Å². The monoisotopic (exact) mass is 271 g/mol. The Labute approximate surface area is 107 Å². The first-order valence-corrected chi connectivity index (χ1v) is 7.46. The molecule has 1 aromatic carbocycles. The van der Waals surface area contributed by atoms with Crippen LogP contribution in [0.5, 0.6) is 11.5 Å². The summed E-state index contributed by atoms with van der Waals surface area (Å²) < 4.78 is 31.5. The van der Waals surface area contributed by atoms with Crippen LogP contribution >= 0.6 is 0 Å². The first-order chi connectivity index (χ1) is 8.53. The van der Waals surface area contributed by atoms with Gasteiger partial charge in [-0.1, -0.05) is 12.8 Å². The molecule has 1 saturated carbocycles. The van der Waals surface area contributed by atoms with Gasteiger partial charge < -0.3 is 9.84 Å². The van der Waals surface area contributed by atoms with Crippen LogP contribution in [0.4, 0.5) is 5.69 Å². The lowest BCUT2D eigenvalue weighted by Gasteiger charge is -2.14. The van der Waals surface area contributed by atoms with E-state index in [2.05, 4.69) is 4.72 Å². The number of methoxy groups -OCH3 is 1. The van der Waals surface area contributed by atoms with Crippen LogP contribution in [0.15, 0.2) is 18.2 Å². The Morgan fingerprint density at radius 1 is 1.33 bits per heavy atom. The maximum absolute atomic E-state index is 12.1. The van der Waals surface area contributed by atoms with Gasteiger partial charge in [-0.15, -0.1) is 0 Å². The van der Waals surface area contributed by atoms with E-state index in [1.54, 1.807) is 6.07 Å². The van der Waals surface area contributed by atoms with Crippen LogP contribution in [0.1, 0.15) is 25.7 Å². The van der Waals surface area contributed by atoms with Crippen molar-refractivity contribution in [3.8, 4) is 11.5 Å². The maximum atomic E-state index is 12.1. The second-order valence-corrected chi connectivity index (χ2v) is 6.40. The number of aromatic hydroxyl groups is 1. The van der Waals surface area contributed by atoms with Crippen LogP contribution in [0.2, 0.25) is 0 Å². The third-order valence-electron chi connectivity index (χ3n) is 3.20. The average Bonchev–Trinajstić information content (AvgIpc) is 2.86. The van der Waals surface area contributed by atoms with E-state index < -0.39 is 10.0 Å². The second kappa shape index (κ2) is 5.06. The Balaban J connectivity index is 2.18. The Kier molecular flexibility index (Phi) is 3.65. The van der Waals surface area contributed by atoms with Gasteiger partial charge in [0, 0.05) is 6.07 Å². The van der Waals surface area contributed by atoms with Crippen molar-refractivity contribution in [2.24, 2.45) is 0 Å². The Hall–Kier alpha value is -1.43. The fourth-order valence-electron chi connectivity index (χ4n) is 2.16. The SMILES string of the molecule is COc1ccc(NS(=O)(=O)C2CCCC2)c(O)c1. The van der Waals surface area contributed by atoms with E-state index in [4.69, 9.17) is 4.74 Å². The van der Waals surface area contributed by atoms with Crippen molar-refractivity contribution in [2.45, 2.75) is 30.9 Å². The van der Waals surface area contributed by atoms with Gasteiger partial charge in [0.25, 0.3) is 0 Å². The molecule has 0 aromatic heterocycles. The number of hydrogen-bond acceptors (Lipinski definition) is 4. The van der Waals surface area contributed by atoms with E-state index in [0.717, 1.165) is 12.8 Å². The molecule has 0 amide bonds. The molecular formula is C12H17NO4S. The van der Waals surface area contributed by atoms with Gasteiger partial charge in [-0.2, -0.15) is 0 Å². The summed E-state index contributed by atoms with van der Waals surface area (Å²) in [6.07, 6.45) is 3.26. The molecule has 0 atom stereocenters. The standard InChI is InChI=1S/C12H17NO4S/c1-17-9-6-7-11(12(14)8-9)13-18(15,16)10-4-2-3-5-10/h6-8,10,13-14H,2-5H2,1H3. The molecule has 0 heterocycles. The van der Waals surface area contributed by atoms with Crippen LogP contribution in [0, 0.1) is 0 Å². The number of benzene rings is 1. The van der Waals surface area contributed by atoms with Crippen LogP contribution in [-0.4, -0.2) is 25.9 Å². The molecule has 5 nitrogen and oxygen atoms in total. The van der Waals surface area contributed by atoms with Crippen LogP contribution in [-0.2, 0) is 10.0 Å². The van der Waals surface area contributed by atoms with Gasteiger partial charge in [0.1, 0.15) is 11.5 Å². The molecule has 1 aromatic rings. The normalized spacial score (nSPS) is 16.7. The fraction of sp³-hybridized carbons (Fsp3) is 0.500. The van der Waals surface area contributed by atoms with Gasteiger partial charge >= 0.3 is 0 Å². The highest BCUT2D eigenvalue weighted by Crippen LogP contribution is 2.31. The highest BCUT2D eigenvalue weighted by molar-refractivity contribution is 7.93. The summed E-state index contributed by atoms with van der Waals surface area (Å²) in [7, 11) is -1.92. The molecule has 18 heavy (non-hydrogen) atoms. The summed E-state index contributed by atoms with van der Waals surface area (Å²) in [5, 5.41) is 9.37. The Bertz CT molecular complexity index is 521. The first-order valence-electron chi connectivity index (χ1n) is 5.91. The summed E-state index contributed by atoms with van der Waals surface area (Å²) in [6, 6.07) is 4.49. The number of hydrogen-bond donors (Lipinski definition) is 2. The molecule has 1 fully saturated rings. The lowest BCUT2D eigenvalue weighted by molar-refractivity contribution is 0.408. The average molecular weight is 271 g/mol. The Morgan fingerprint density at radius 2 is 2.00 bits per heavy atom. The molecule has 0 spiro atoms. The van der Waals surface area contributed by atoms with Gasteiger partial charge in [0.05, 0.1) is 18.0 Å². The number of sulfonamides is 1. The summed E-state index contributed by atoms with van der Waals surface area (Å²) >= 11 is 0. The molecule has 2 rings (SSSR count). The largest absolute Gasteiger partial charge is 0.506 e. The van der Waals surface area contributed by atoms with Crippen LogP contribution in [0.3, 0.4) is 0 Å². The minimum absolute atomic E-state index is 0.129. The zero-order valence-electron chi connectivity index (χ0n) is 10.2. The number of phenols is 1. The molecule has 100 valence electrons. The fourth-order valence-corrected chi connectivity index (χ4v) is 3.76. The molecule has 0 saturated heterocycles. The van der Waals surface area contributed by atoms with E-state index in [1.165, 1.54) is 19.2 Å². The van der Waals surface area contributed by atoms with E-state index in [0.29, 0.717) is 18.6 Å². The van der Waals surface area contributed by atoms with Crippen molar-refractivity contribution in [1.82, 2.24) is 0 Å². The number of anilines is 1. The van der Waals surface area contributed by atoms with Crippen LogP contribution < -0.4 is 9.46 Å². The highest BCUT2D eigenvalue weighted by Gasteiger charge is 2.29. The predicted molar refractivity (Wildman–Crippen MR) is 69.5 cm³/mol. The molecular weight excluding hydrogens is 254 g/mol. The van der Waals surface area contributed by atoms with Gasteiger partial charge in [0.2, 0.25) is 10.0 Å². The summed E-state index contributed by atoms with van der Waals surface area (Å²) in [4.78, 5) is 0. The van der Waals surface area contributed by atoms with Gasteiger partial charge in [0.15, 0.2) is 0 Å². The molecule has 0 radical (unpaired) electrons. The Morgan fingerprint density at radius 3 is 2.56 bits per heavy atom. The molecule has 1 aliphatic rings. The lowest BCUT2D eigenvalue weighted by atomic mass is 10.3. The molecule has 2 N–H and O–H groups in total. The highest BCUT2D eigenvalue weighted by atomic mass is 32.2. The van der Waals surface area contributed by atoms with E-state index >= 15 is 0 Å². The quantitative estimate of drug-likeness (QED) is 0.822. The van der Waals surface area contributed by atoms with Gasteiger partial charge in [-0.25, -0.2) is 8.42 Å². The zero-order chi connectivity index (χ0) is 13.2. The molecule has 0 unspecified atom stereocenters. The van der Waals surface area contributed by atoms with E-state index in [9.17, 15) is 13.5 Å². The molecule has 0 aliphatic heterocycles.